The molecular formula is C59H67N6+3. The molecule has 0 aliphatic carbocycles. The van der Waals surface area contributed by atoms with Crippen LogP contribution in [-0.2, 0) is 34.0 Å². The second-order valence-corrected chi connectivity index (χ2v) is 19.0. The second-order valence-electron chi connectivity index (χ2n) is 19.0. The van der Waals surface area contributed by atoms with Crippen LogP contribution >= 0.6 is 0 Å². The number of aryl methyl sites for hydroxylation is 6. The van der Waals surface area contributed by atoms with E-state index in [4.69, 9.17) is 0 Å². The molecule has 6 aromatic heterocycles. The summed E-state index contributed by atoms with van der Waals surface area (Å²) in [6, 6.07) is 36.9. The average Bonchev–Trinajstić information content (AvgIpc) is 3.27. The summed E-state index contributed by atoms with van der Waals surface area (Å²) in [5, 5.41) is 4.95. The molecule has 0 unspecified atom stereocenters. The fourth-order valence-corrected chi connectivity index (χ4v) is 8.70. The minimum atomic E-state index is 0.498. The minimum absolute atomic E-state index is 0.498. The summed E-state index contributed by atoms with van der Waals surface area (Å²) < 4.78 is 6.56. The lowest BCUT2D eigenvalue weighted by Crippen LogP contribution is -2.30. The smallest absolute Gasteiger partial charge is 0.213 e. The van der Waals surface area contributed by atoms with Crippen molar-refractivity contribution in [2.75, 3.05) is 0 Å². The number of nitrogens with zero attached hydrogens (tertiary/aromatic N) is 6. The highest BCUT2D eigenvalue weighted by molar-refractivity contribution is 5.86. The van der Waals surface area contributed by atoms with E-state index in [1.807, 2.05) is 24.8 Å². The molecule has 0 spiro atoms. The predicted octanol–water partition coefficient (Wildman–Crippen LogP) is 12.6. The van der Waals surface area contributed by atoms with Crippen LogP contribution in [0.4, 0.5) is 0 Å². The molecule has 0 saturated heterocycles. The van der Waals surface area contributed by atoms with Crippen LogP contribution in [0.15, 0.2) is 147 Å². The molecule has 65 heavy (non-hydrogen) atoms. The van der Waals surface area contributed by atoms with Crippen molar-refractivity contribution < 1.29 is 13.7 Å². The van der Waals surface area contributed by atoms with Gasteiger partial charge in [0.05, 0.1) is 5.39 Å². The maximum absolute atomic E-state index is 4.63. The number of aromatic nitrogens is 6. The quantitative estimate of drug-likeness (QED) is 0.143. The summed E-state index contributed by atoms with van der Waals surface area (Å²) in [6.45, 7) is 19.9. The molecule has 0 saturated carbocycles. The Hall–Kier alpha value is -6.66. The van der Waals surface area contributed by atoms with Crippen molar-refractivity contribution >= 4 is 32.6 Å². The first-order chi connectivity index (χ1) is 31.2. The zero-order chi connectivity index (χ0) is 46.4. The highest BCUT2D eigenvalue weighted by atomic mass is 14.9. The van der Waals surface area contributed by atoms with Crippen molar-refractivity contribution in [1.29, 1.82) is 0 Å². The van der Waals surface area contributed by atoms with Gasteiger partial charge in [-0.3, -0.25) is 4.98 Å². The summed E-state index contributed by atoms with van der Waals surface area (Å²) in [7, 11) is 6.30. The lowest BCUT2D eigenvalue weighted by atomic mass is 9.98. The first kappa shape index (κ1) is 46.3. The van der Waals surface area contributed by atoms with Gasteiger partial charge in [0.25, 0.3) is 0 Å². The Morgan fingerprint density at radius 1 is 0.462 bits per heavy atom. The number of benzene rings is 3. The zero-order valence-electron chi connectivity index (χ0n) is 40.7. The van der Waals surface area contributed by atoms with E-state index in [1.54, 1.807) is 0 Å². The molecule has 0 fully saturated rings. The van der Waals surface area contributed by atoms with Crippen molar-refractivity contribution in [3.63, 3.8) is 0 Å². The number of hydrogen-bond acceptors (Lipinski definition) is 3. The Morgan fingerprint density at radius 2 is 0.908 bits per heavy atom. The van der Waals surface area contributed by atoms with Crippen LogP contribution in [0.1, 0.15) is 80.8 Å². The van der Waals surface area contributed by atoms with Crippen molar-refractivity contribution in [2.45, 2.75) is 81.1 Å². The molecule has 3 aromatic carbocycles. The Balaban J connectivity index is 0.000000145. The molecular weight excluding hydrogens is 793 g/mol. The van der Waals surface area contributed by atoms with Gasteiger partial charge in [-0.05, 0) is 115 Å². The minimum Gasteiger partial charge on any atom is -0.264 e. The van der Waals surface area contributed by atoms with Crippen molar-refractivity contribution in [3.8, 4) is 33.8 Å². The van der Waals surface area contributed by atoms with Crippen molar-refractivity contribution in [3.05, 3.63) is 180 Å². The van der Waals surface area contributed by atoms with Crippen molar-refractivity contribution in [1.82, 2.24) is 15.0 Å². The third-order valence-corrected chi connectivity index (χ3v) is 12.3. The third kappa shape index (κ3) is 11.0. The standard InChI is InChI=1S/2C20H23N2.C19H21N2/c1-14(2)9-16-11-21-12-17-10-20(22(4)13-19(16)17)18-8-6-5-7-15(18)3;1-14(2)9-16-10-17-11-20(18-8-6-5-7-15(18)3)22(4)13-19(17)21-12-16;1-13(2)16-9-15-10-19(17-8-6-5-7-14(17)3)21(4)12-18(15)20-11-16/h2*5-8,10-14H,9H2,1-4H3;5-13H,1-4H3/q3*+1. The van der Waals surface area contributed by atoms with Crippen LogP contribution in [0.5, 0.6) is 0 Å². The van der Waals surface area contributed by atoms with E-state index in [0.717, 1.165) is 23.9 Å². The maximum atomic E-state index is 4.63. The van der Waals surface area contributed by atoms with Crippen LogP contribution < -0.4 is 13.7 Å². The van der Waals surface area contributed by atoms with Gasteiger partial charge in [0.15, 0.2) is 18.6 Å². The molecule has 0 radical (unpaired) electrons. The second kappa shape index (κ2) is 20.5. The third-order valence-electron chi connectivity index (χ3n) is 12.3. The monoisotopic (exact) mass is 860 g/mol. The number of rotatable bonds is 8. The van der Waals surface area contributed by atoms with Gasteiger partial charge >= 0.3 is 0 Å². The van der Waals surface area contributed by atoms with Crippen LogP contribution in [0.2, 0.25) is 0 Å². The molecule has 9 aromatic rings. The highest BCUT2D eigenvalue weighted by Crippen LogP contribution is 2.28. The Labute approximate surface area is 387 Å². The summed E-state index contributed by atoms with van der Waals surface area (Å²) in [4.78, 5) is 13.7. The van der Waals surface area contributed by atoms with Gasteiger partial charge in [-0.15, -0.1) is 0 Å². The number of fused-ring (bicyclic) bond motifs is 3. The molecule has 6 nitrogen and oxygen atoms in total. The molecule has 0 bridgehead atoms. The van der Waals surface area contributed by atoms with Gasteiger partial charge in [0, 0.05) is 75.8 Å². The molecule has 0 atom stereocenters. The topological polar surface area (TPSA) is 50.3 Å². The molecule has 0 N–H and O–H groups in total. The van der Waals surface area contributed by atoms with Gasteiger partial charge < -0.3 is 0 Å². The molecule has 0 amide bonds. The van der Waals surface area contributed by atoms with Crippen LogP contribution in [0.25, 0.3) is 66.4 Å². The summed E-state index contributed by atoms with van der Waals surface area (Å²) in [5.41, 5.74) is 17.4. The predicted molar refractivity (Wildman–Crippen MR) is 270 cm³/mol. The van der Waals surface area contributed by atoms with Crippen LogP contribution in [0.3, 0.4) is 0 Å². The van der Waals surface area contributed by atoms with Gasteiger partial charge in [-0.2, -0.15) is 9.13 Å². The molecule has 6 heterocycles. The number of hydrogen-bond donors (Lipinski definition) is 0. The van der Waals surface area contributed by atoms with Crippen LogP contribution in [-0.4, -0.2) is 15.0 Å². The lowest BCUT2D eigenvalue weighted by molar-refractivity contribution is -0.659. The molecule has 6 heteroatoms. The van der Waals surface area contributed by atoms with E-state index < -0.39 is 0 Å². The van der Waals surface area contributed by atoms with Gasteiger partial charge in [-0.25, -0.2) is 14.5 Å². The van der Waals surface area contributed by atoms with Crippen LogP contribution in [0, 0.1) is 32.6 Å². The lowest BCUT2D eigenvalue weighted by Gasteiger charge is -2.10. The largest absolute Gasteiger partial charge is 0.264 e. The van der Waals surface area contributed by atoms with E-state index in [2.05, 4.69) is 234 Å². The molecule has 0 aliphatic heterocycles. The highest BCUT2D eigenvalue weighted by Gasteiger charge is 2.18. The first-order valence-electron chi connectivity index (χ1n) is 23.2. The van der Waals surface area contributed by atoms with Gasteiger partial charge in [-0.1, -0.05) is 96.1 Å². The van der Waals surface area contributed by atoms with E-state index >= 15 is 0 Å². The normalized spacial score (nSPS) is 11.3. The number of pyridine rings is 6. The molecule has 0 aliphatic rings. The van der Waals surface area contributed by atoms with Gasteiger partial charge in [0.1, 0.15) is 32.2 Å². The van der Waals surface area contributed by atoms with Crippen molar-refractivity contribution in [2.24, 2.45) is 33.0 Å². The molecule has 9 rings (SSSR count). The Kier molecular flexibility index (Phi) is 14.6. The first-order valence-corrected chi connectivity index (χ1v) is 23.2. The fraction of sp³-hybridized carbons (Fsp3) is 0.288. The van der Waals surface area contributed by atoms with E-state index in [-0.39, 0.29) is 0 Å². The Bertz CT molecular complexity index is 3060. The summed E-state index contributed by atoms with van der Waals surface area (Å²) in [6.07, 6.45) is 16.6. The van der Waals surface area contributed by atoms with E-state index in [0.29, 0.717) is 17.8 Å². The molecule has 330 valence electrons. The van der Waals surface area contributed by atoms with E-state index in [1.165, 1.54) is 88.7 Å². The summed E-state index contributed by atoms with van der Waals surface area (Å²) in [5.74, 6) is 1.78. The van der Waals surface area contributed by atoms with E-state index in [9.17, 15) is 0 Å². The Morgan fingerprint density at radius 3 is 1.38 bits per heavy atom. The zero-order valence-corrected chi connectivity index (χ0v) is 40.7. The maximum Gasteiger partial charge on any atom is 0.213 e. The van der Waals surface area contributed by atoms with Gasteiger partial charge in [0.2, 0.25) is 17.1 Å². The SMILES string of the molecule is Cc1ccccc1-c1cc2cc(C(C)C)cnc2c[n+]1C.Cc1ccccc1-c1cc2cc(CC(C)C)cnc2c[n+]1C.Cc1ccccc1-c1cc2cncc(CC(C)C)c2c[n+]1C. The average molecular weight is 860 g/mol. The summed E-state index contributed by atoms with van der Waals surface area (Å²) >= 11 is 0. The fourth-order valence-electron chi connectivity index (χ4n) is 8.70.